The highest BCUT2D eigenvalue weighted by atomic mass is 35.5. The van der Waals surface area contributed by atoms with Crippen molar-refractivity contribution in [2.45, 2.75) is 4.90 Å². The second-order valence-corrected chi connectivity index (χ2v) is 6.82. The Morgan fingerprint density at radius 1 is 1.00 bits per heavy atom. The van der Waals surface area contributed by atoms with Crippen molar-refractivity contribution in [3.05, 3.63) is 63.6 Å². The van der Waals surface area contributed by atoms with Crippen molar-refractivity contribution < 1.29 is 19.1 Å². The average Bonchev–Trinajstić information content (AvgIpc) is 2.66. The van der Waals surface area contributed by atoms with E-state index in [2.05, 4.69) is 5.32 Å². The van der Waals surface area contributed by atoms with Gasteiger partial charge in [0.05, 0.1) is 10.0 Å². The number of carbonyl (C=O) groups is 3. The van der Waals surface area contributed by atoms with E-state index in [1.54, 1.807) is 23.9 Å². The van der Waals surface area contributed by atoms with Crippen LogP contribution < -0.4 is 5.32 Å². The second-order valence-electron chi connectivity index (χ2n) is 5.12. The number of hydrogen-bond acceptors (Lipinski definition) is 5. The van der Waals surface area contributed by atoms with Crippen molar-refractivity contribution in [3.8, 4) is 0 Å². The van der Waals surface area contributed by atoms with Gasteiger partial charge in [0, 0.05) is 16.0 Å². The standard InChI is InChI=1S/C18H15Cl2NO4S/c1-26-13-5-2-11(3-6-13)16(22)10-25-17(23)9-21-18(24)12-4-7-14(19)15(20)8-12/h2-8H,9-10H2,1H3,(H,21,24). The summed E-state index contributed by atoms with van der Waals surface area (Å²) < 4.78 is 4.89. The lowest BCUT2D eigenvalue weighted by Crippen LogP contribution is -2.31. The summed E-state index contributed by atoms with van der Waals surface area (Å²) in [5, 5.41) is 2.96. The Morgan fingerprint density at radius 2 is 1.65 bits per heavy atom. The summed E-state index contributed by atoms with van der Waals surface area (Å²) in [6.07, 6.45) is 1.94. The minimum atomic E-state index is -0.715. The molecule has 0 fully saturated rings. The molecular weight excluding hydrogens is 397 g/mol. The Bertz CT molecular complexity index is 824. The topological polar surface area (TPSA) is 72.5 Å². The van der Waals surface area contributed by atoms with Crippen molar-refractivity contribution in [2.75, 3.05) is 19.4 Å². The Labute approximate surface area is 165 Å². The van der Waals surface area contributed by atoms with Crippen LogP contribution in [-0.4, -0.2) is 37.1 Å². The first-order chi connectivity index (χ1) is 12.4. The number of esters is 1. The second kappa shape index (κ2) is 9.62. The van der Waals surface area contributed by atoms with Crippen LogP contribution in [0, 0.1) is 0 Å². The van der Waals surface area contributed by atoms with Crippen LogP contribution in [0.4, 0.5) is 0 Å². The van der Waals surface area contributed by atoms with E-state index in [1.165, 1.54) is 18.2 Å². The number of ketones is 1. The van der Waals surface area contributed by atoms with Gasteiger partial charge in [0.1, 0.15) is 6.54 Å². The third-order valence-electron chi connectivity index (χ3n) is 3.35. The maximum atomic E-state index is 12.0. The Balaban J connectivity index is 1.79. The summed E-state index contributed by atoms with van der Waals surface area (Å²) in [6.45, 7) is -0.752. The molecule has 1 amide bonds. The van der Waals surface area contributed by atoms with Gasteiger partial charge in [-0.05, 0) is 36.6 Å². The number of thioether (sulfide) groups is 1. The molecule has 0 heterocycles. The summed E-state index contributed by atoms with van der Waals surface area (Å²) in [5.74, 6) is -1.53. The van der Waals surface area contributed by atoms with Gasteiger partial charge in [0.25, 0.3) is 5.91 Å². The van der Waals surface area contributed by atoms with Crippen LogP contribution in [0.1, 0.15) is 20.7 Å². The van der Waals surface area contributed by atoms with Gasteiger partial charge in [-0.1, -0.05) is 35.3 Å². The molecule has 0 radical (unpaired) electrons. The summed E-state index contributed by atoms with van der Waals surface area (Å²) in [6, 6.07) is 11.3. The minimum absolute atomic E-state index is 0.236. The van der Waals surface area contributed by atoms with Crippen LogP contribution in [-0.2, 0) is 9.53 Å². The SMILES string of the molecule is CSc1ccc(C(=O)COC(=O)CNC(=O)c2ccc(Cl)c(Cl)c2)cc1. The third kappa shape index (κ3) is 5.76. The number of halogens is 2. The van der Waals surface area contributed by atoms with Crippen molar-refractivity contribution in [3.63, 3.8) is 0 Å². The Morgan fingerprint density at radius 3 is 2.27 bits per heavy atom. The molecule has 0 atom stereocenters. The number of hydrogen-bond donors (Lipinski definition) is 1. The molecule has 0 saturated carbocycles. The minimum Gasteiger partial charge on any atom is -0.456 e. The fraction of sp³-hybridized carbons (Fsp3) is 0.167. The number of rotatable bonds is 7. The zero-order chi connectivity index (χ0) is 19.1. The molecule has 0 aliphatic rings. The molecule has 0 aromatic heterocycles. The van der Waals surface area contributed by atoms with Crippen LogP contribution in [0.25, 0.3) is 0 Å². The molecule has 0 aliphatic carbocycles. The predicted molar refractivity (Wildman–Crippen MR) is 102 cm³/mol. The van der Waals surface area contributed by atoms with E-state index >= 15 is 0 Å². The lowest BCUT2D eigenvalue weighted by atomic mass is 10.1. The Kier molecular flexibility index (Phi) is 7.50. The monoisotopic (exact) mass is 411 g/mol. The van der Waals surface area contributed by atoms with Gasteiger partial charge < -0.3 is 10.1 Å². The highest BCUT2D eigenvalue weighted by Gasteiger charge is 2.13. The fourth-order valence-electron chi connectivity index (χ4n) is 1.95. The predicted octanol–water partition coefficient (Wildman–Crippen LogP) is 3.87. The maximum Gasteiger partial charge on any atom is 0.325 e. The van der Waals surface area contributed by atoms with Crippen LogP contribution in [0.15, 0.2) is 47.4 Å². The Hall–Kier alpha value is -2.02. The molecule has 136 valence electrons. The summed E-state index contributed by atoms with van der Waals surface area (Å²) in [7, 11) is 0. The highest BCUT2D eigenvalue weighted by Crippen LogP contribution is 2.22. The van der Waals surface area contributed by atoms with E-state index < -0.39 is 11.9 Å². The van der Waals surface area contributed by atoms with Crippen LogP contribution in [0.3, 0.4) is 0 Å². The maximum absolute atomic E-state index is 12.0. The number of benzene rings is 2. The third-order valence-corrected chi connectivity index (χ3v) is 4.83. The smallest absolute Gasteiger partial charge is 0.325 e. The number of carbonyl (C=O) groups excluding carboxylic acids is 3. The van der Waals surface area contributed by atoms with E-state index in [1.807, 2.05) is 18.4 Å². The van der Waals surface area contributed by atoms with Gasteiger partial charge in [-0.3, -0.25) is 14.4 Å². The molecule has 2 aromatic rings. The molecule has 0 spiro atoms. The first kappa shape index (κ1) is 20.3. The number of Topliss-reactive ketones (excluding diaryl/α,β-unsaturated/α-hetero) is 1. The van der Waals surface area contributed by atoms with Gasteiger partial charge in [0.15, 0.2) is 12.4 Å². The van der Waals surface area contributed by atoms with Gasteiger partial charge in [-0.25, -0.2) is 0 Å². The quantitative estimate of drug-likeness (QED) is 0.425. The van der Waals surface area contributed by atoms with Crippen LogP contribution >= 0.6 is 35.0 Å². The first-order valence-corrected chi connectivity index (χ1v) is 9.45. The van der Waals surface area contributed by atoms with Gasteiger partial charge in [-0.2, -0.15) is 0 Å². The fourth-order valence-corrected chi connectivity index (χ4v) is 2.66. The van der Waals surface area contributed by atoms with Crippen molar-refractivity contribution >= 4 is 52.6 Å². The van der Waals surface area contributed by atoms with Gasteiger partial charge in [-0.15, -0.1) is 11.8 Å². The average molecular weight is 412 g/mol. The molecule has 1 N–H and O–H groups in total. The molecule has 0 aliphatic heterocycles. The summed E-state index contributed by atoms with van der Waals surface area (Å²) in [5.41, 5.74) is 0.715. The summed E-state index contributed by atoms with van der Waals surface area (Å²) in [4.78, 5) is 36.6. The normalized spacial score (nSPS) is 10.3. The largest absolute Gasteiger partial charge is 0.456 e. The molecule has 2 aromatic carbocycles. The van der Waals surface area contributed by atoms with Gasteiger partial charge >= 0.3 is 5.97 Å². The molecule has 2 rings (SSSR count). The summed E-state index contributed by atoms with van der Waals surface area (Å²) >= 11 is 13.2. The number of amides is 1. The molecule has 0 unspecified atom stereocenters. The van der Waals surface area contributed by atoms with Gasteiger partial charge in [0.2, 0.25) is 0 Å². The zero-order valence-corrected chi connectivity index (χ0v) is 16.1. The molecular formula is C18H15Cl2NO4S. The molecule has 8 heteroatoms. The number of ether oxygens (including phenoxy) is 1. The van der Waals surface area contributed by atoms with E-state index in [4.69, 9.17) is 27.9 Å². The molecule has 0 bridgehead atoms. The van der Waals surface area contributed by atoms with Crippen LogP contribution in [0.2, 0.25) is 10.0 Å². The highest BCUT2D eigenvalue weighted by molar-refractivity contribution is 7.98. The molecule has 0 saturated heterocycles. The van der Waals surface area contributed by atoms with Crippen molar-refractivity contribution in [1.82, 2.24) is 5.32 Å². The molecule has 26 heavy (non-hydrogen) atoms. The first-order valence-electron chi connectivity index (χ1n) is 7.47. The van der Waals surface area contributed by atoms with E-state index in [0.29, 0.717) is 10.6 Å². The van der Waals surface area contributed by atoms with E-state index in [0.717, 1.165) is 4.90 Å². The van der Waals surface area contributed by atoms with Crippen molar-refractivity contribution in [2.24, 2.45) is 0 Å². The van der Waals surface area contributed by atoms with E-state index in [-0.39, 0.29) is 29.5 Å². The van der Waals surface area contributed by atoms with E-state index in [9.17, 15) is 14.4 Å². The lowest BCUT2D eigenvalue weighted by Gasteiger charge is -2.07. The van der Waals surface area contributed by atoms with Crippen molar-refractivity contribution in [1.29, 1.82) is 0 Å². The number of nitrogens with one attached hydrogen (secondary N) is 1. The van der Waals surface area contributed by atoms with Crippen LogP contribution in [0.5, 0.6) is 0 Å². The lowest BCUT2D eigenvalue weighted by molar-refractivity contribution is -0.141. The molecule has 5 nitrogen and oxygen atoms in total. The zero-order valence-electron chi connectivity index (χ0n) is 13.8.